The lowest BCUT2D eigenvalue weighted by Crippen LogP contribution is -2.53. The molecule has 2 heterocycles. The molecular weight excluding hydrogens is 573 g/mol. The number of aromatic nitrogens is 2. The SMILES string of the molecule is CCOC(=O)C(C)(C)n1c(=O)c2cc(F)ccc2n(CCCCN2CCC(OC(c3ccccc3)c3ccccc3)CC2)c1=O. The Bertz CT molecular complexity index is 1670. The van der Waals surface area contributed by atoms with Gasteiger partial charge in [-0.2, -0.15) is 0 Å². The monoisotopic (exact) mass is 615 g/mol. The summed E-state index contributed by atoms with van der Waals surface area (Å²) in [6, 6.07) is 24.5. The minimum Gasteiger partial charge on any atom is -0.464 e. The first-order valence-electron chi connectivity index (χ1n) is 15.8. The second-order valence-corrected chi connectivity index (χ2v) is 12.1. The summed E-state index contributed by atoms with van der Waals surface area (Å²) in [5, 5.41) is 0.0540. The van der Waals surface area contributed by atoms with Crippen LogP contribution in [0.15, 0.2) is 88.5 Å². The molecule has 1 aliphatic rings. The number of unbranched alkanes of at least 4 members (excludes halogenated alkanes) is 1. The molecule has 0 spiro atoms. The van der Waals surface area contributed by atoms with Gasteiger partial charge < -0.3 is 14.4 Å². The van der Waals surface area contributed by atoms with E-state index in [1.54, 1.807) is 6.92 Å². The van der Waals surface area contributed by atoms with Crippen LogP contribution >= 0.6 is 0 Å². The minimum absolute atomic E-state index is 0.0540. The summed E-state index contributed by atoms with van der Waals surface area (Å²) in [6.45, 7) is 7.74. The Morgan fingerprint density at radius 2 is 1.51 bits per heavy atom. The second-order valence-electron chi connectivity index (χ2n) is 12.1. The van der Waals surface area contributed by atoms with E-state index < -0.39 is 28.6 Å². The number of piperidine rings is 1. The van der Waals surface area contributed by atoms with E-state index in [9.17, 15) is 18.8 Å². The number of nitrogens with zero attached hydrogens (tertiary/aromatic N) is 3. The fraction of sp³-hybridized carbons (Fsp3) is 0.417. The maximum atomic E-state index is 14.2. The van der Waals surface area contributed by atoms with Gasteiger partial charge in [0.1, 0.15) is 17.5 Å². The zero-order valence-corrected chi connectivity index (χ0v) is 26.3. The van der Waals surface area contributed by atoms with E-state index >= 15 is 0 Å². The van der Waals surface area contributed by atoms with Crippen LogP contribution in [0.3, 0.4) is 0 Å². The molecule has 0 bridgehead atoms. The standard InChI is InChI=1S/C36H42FN3O5/c1-4-44-34(42)36(2,3)40-33(41)30-25-28(37)17-18-31(30)39(35(40)43)22-12-11-21-38-23-19-29(20-24-38)45-32(26-13-7-5-8-14-26)27-15-9-6-10-16-27/h5-10,13-18,25,29,32H,4,11-12,19-24H2,1-3H3. The van der Waals surface area contributed by atoms with E-state index in [-0.39, 0.29) is 24.2 Å². The maximum absolute atomic E-state index is 14.2. The number of carbonyl (C=O) groups excluding carboxylic acids is 1. The van der Waals surface area contributed by atoms with Crippen LogP contribution in [0.2, 0.25) is 0 Å². The van der Waals surface area contributed by atoms with Gasteiger partial charge >= 0.3 is 11.7 Å². The highest BCUT2D eigenvalue weighted by Crippen LogP contribution is 2.30. The number of hydrogen-bond donors (Lipinski definition) is 0. The fourth-order valence-electron chi connectivity index (χ4n) is 6.13. The Morgan fingerprint density at radius 1 is 0.911 bits per heavy atom. The van der Waals surface area contributed by atoms with E-state index in [1.165, 1.54) is 30.5 Å². The number of benzene rings is 3. The average Bonchev–Trinajstić information content (AvgIpc) is 3.05. The highest BCUT2D eigenvalue weighted by atomic mass is 19.1. The number of rotatable bonds is 12. The van der Waals surface area contributed by atoms with Gasteiger partial charge in [-0.1, -0.05) is 60.7 Å². The first kappa shape index (κ1) is 32.3. The fourth-order valence-corrected chi connectivity index (χ4v) is 6.13. The smallest absolute Gasteiger partial charge is 0.332 e. The summed E-state index contributed by atoms with van der Waals surface area (Å²) in [7, 11) is 0. The molecule has 238 valence electrons. The average molecular weight is 616 g/mol. The van der Waals surface area contributed by atoms with Crippen LogP contribution < -0.4 is 11.2 Å². The van der Waals surface area contributed by atoms with Crippen LogP contribution in [0.4, 0.5) is 4.39 Å². The first-order chi connectivity index (χ1) is 21.7. The van der Waals surface area contributed by atoms with Crippen LogP contribution in [0.5, 0.6) is 0 Å². The van der Waals surface area contributed by atoms with E-state index in [4.69, 9.17) is 9.47 Å². The molecule has 0 N–H and O–H groups in total. The molecule has 0 unspecified atom stereocenters. The minimum atomic E-state index is -1.56. The van der Waals surface area contributed by atoms with Gasteiger partial charge in [-0.15, -0.1) is 0 Å². The van der Waals surface area contributed by atoms with Crippen LogP contribution in [0, 0.1) is 5.82 Å². The van der Waals surface area contributed by atoms with Gasteiger partial charge in [0.15, 0.2) is 0 Å². The van der Waals surface area contributed by atoms with Crippen molar-refractivity contribution in [2.45, 2.75) is 70.7 Å². The summed E-state index contributed by atoms with van der Waals surface area (Å²) in [5.41, 5.74) is -0.232. The van der Waals surface area contributed by atoms with Crippen molar-refractivity contribution in [1.82, 2.24) is 14.0 Å². The third-order valence-corrected chi connectivity index (χ3v) is 8.61. The lowest BCUT2D eigenvalue weighted by molar-refractivity contribution is -0.152. The van der Waals surface area contributed by atoms with Gasteiger partial charge in [0.25, 0.3) is 5.56 Å². The third kappa shape index (κ3) is 7.26. The number of aryl methyl sites for hydroxylation is 1. The molecule has 1 saturated heterocycles. The van der Waals surface area contributed by atoms with Gasteiger partial charge in [-0.3, -0.25) is 9.36 Å². The molecule has 0 radical (unpaired) electrons. The molecule has 3 aromatic carbocycles. The number of halogens is 1. The number of hydrogen-bond acceptors (Lipinski definition) is 6. The van der Waals surface area contributed by atoms with Crippen LogP contribution in [0.25, 0.3) is 10.9 Å². The largest absolute Gasteiger partial charge is 0.464 e. The van der Waals surface area contributed by atoms with Crippen molar-refractivity contribution in [2.75, 3.05) is 26.2 Å². The van der Waals surface area contributed by atoms with Crippen LogP contribution in [-0.4, -0.2) is 52.3 Å². The van der Waals surface area contributed by atoms with Crippen molar-refractivity contribution in [3.8, 4) is 0 Å². The molecule has 9 heteroatoms. The Kier molecular flexibility index (Phi) is 10.3. The molecule has 0 atom stereocenters. The summed E-state index contributed by atoms with van der Waals surface area (Å²) >= 11 is 0. The molecule has 1 aromatic heterocycles. The number of likely N-dealkylation sites (tertiary alicyclic amines) is 1. The highest BCUT2D eigenvalue weighted by molar-refractivity contribution is 5.81. The first-order valence-corrected chi connectivity index (χ1v) is 15.8. The van der Waals surface area contributed by atoms with E-state index in [0.29, 0.717) is 18.5 Å². The lowest BCUT2D eigenvalue weighted by Gasteiger charge is -2.34. The molecule has 4 aromatic rings. The Balaban J connectivity index is 1.22. The van der Waals surface area contributed by atoms with Gasteiger partial charge in [0.05, 0.1) is 23.6 Å². The second kappa shape index (κ2) is 14.3. The molecule has 5 rings (SSSR count). The van der Waals surface area contributed by atoms with E-state index in [0.717, 1.165) is 60.7 Å². The summed E-state index contributed by atoms with van der Waals surface area (Å²) in [5.74, 6) is -1.28. The number of carbonyl (C=O) groups is 1. The molecule has 0 aliphatic carbocycles. The Morgan fingerprint density at radius 3 is 2.11 bits per heavy atom. The number of fused-ring (bicyclic) bond motifs is 1. The predicted octanol–water partition coefficient (Wildman–Crippen LogP) is 5.65. The van der Waals surface area contributed by atoms with Gasteiger partial charge in [-0.25, -0.2) is 18.5 Å². The summed E-state index contributed by atoms with van der Waals surface area (Å²) in [6.07, 6.45) is 3.41. The number of ether oxygens (including phenoxy) is 2. The van der Waals surface area contributed by atoms with E-state index in [2.05, 4.69) is 29.2 Å². The van der Waals surface area contributed by atoms with Crippen molar-refractivity contribution in [3.05, 3.63) is 117 Å². The molecule has 0 amide bonds. The Hall–Kier alpha value is -4.08. The molecule has 8 nitrogen and oxygen atoms in total. The highest BCUT2D eigenvalue weighted by Gasteiger charge is 2.36. The van der Waals surface area contributed by atoms with Crippen molar-refractivity contribution >= 4 is 16.9 Å². The van der Waals surface area contributed by atoms with Crippen LogP contribution in [0.1, 0.15) is 63.7 Å². The van der Waals surface area contributed by atoms with Crippen molar-refractivity contribution < 1.29 is 18.7 Å². The predicted molar refractivity (Wildman–Crippen MR) is 173 cm³/mol. The van der Waals surface area contributed by atoms with Gasteiger partial charge in [-0.05, 0) is 82.3 Å². The molecule has 45 heavy (non-hydrogen) atoms. The van der Waals surface area contributed by atoms with Crippen molar-refractivity contribution in [3.63, 3.8) is 0 Å². The molecule has 1 aliphatic heterocycles. The number of esters is 1. The van der Waals surface area contributed by atoms with Crippen LogP contribution in [-0.2, 0) is 26.4 Å². The lowest BCUT2D eigenvalue weighted by atomic mass is 10.00. The van der Waals surface area contributed by atoms with E-state index in [1.807, 2.05) is 36.4 Å². The quantitative estimate of drug-likeness (QED) is 0.151. The van der Waals surface area contributed by atoms with Gasteiger partial charge in [0, 0.05) is 19.6 Å². The topological polar surface area (TPSA) is 82.8 Å². The Labute approximate surface area is 263 Å². The third-order valence-electron chi connectivity index (χ3n) is 8.61. The zero-order chi connectivity index (χ0) is 32.0. The van der Waals surface area contributed by atoms with Crippen molar-refractivity contribution in [2.24, 2.45) is 0 Å². The zero-order valence-electron chi connectivity index (χ0n) is 26.3. The normalized spacial score (nSPS) is 14.7. The van der Waals surface area contributed by atoms with Crippen molar-refractivity contribution in [1.29, 1.82) is 0 Å². The summed E-state index contributed by atoms with van der Waals surface area (Å²) in [4.78, 5) is 42.2. The molecule has 0 saturated carbocycles. The molecular formula is C36H42FN3O5. The van der Waals surface area contributed by atoms with Gasteiger partial charge in [0.2, 0.25) is 0 Å². The maximum Gasteiger partial charge on any atom is 0.332 e. The summed E-state index contributed by atoms with van der Waals surface area (Å²) < 4.78 is 28.4. The molecule has 1 fully saturated rings.